The van der Waals surface area contributed by atoms with Crippen LogP contribution in [0.1, 0.15) is 26.3 Å². The molecule has 0 saturated heterocycles. The Kier molecular flexibility index (Phi) is 7.39. The molecule has 152 valence electrons. The average molecular weight is 408 g/mol. The van der Waals surface area contributed by atoms with E-state index in [4.69, 9.17) is 4.18 Å². The topological polar surface area (TPSA) is 75.7 Å². The molecule has 0 atom stereocenters. The predicted molar refractivity (Wildman–Crippen MR) is 105 cm³/mol. The quantitative estimate of drug-likeness (QED) is 0.675. The lowest BCUT2D eigenvalue weighted by molar-refractivity contribution is 0.188. The zero-order valence-electron chi connectivity index (χ0n) is 16.2. The van der Waals surface area contributed by atoms with Crippen LogP contribution in [0.4, 0.5) is 9.18 Å². The summed E-state index contributed by atoms with van der Waals surface area (Å²) in [5.74, 6) is -0.172. The Balaban J connectivity index is 2.28. The third-order valence-corrected chi connectivity index (χ3v) is 5.08. The molecule has 2 aromatic carbocycles. The maximum absolute atomic E-state index is 13.1. The van der Waals surface area contributed by atoms with E-state index < -0.39 is 15.9 Å². The molecule has 0 bridgehead atoms. The van der Waals surface area contributed by atoms with Crippen LogP contribution in [0.3, 0.4) is 0 Å². The van der Waals surface area contributed by atoms with Gasteiger partial charge in [0, 0.05) is 18.7 Å². The molecule has 28 heavy (non-hydrogen) atoms. The Hall–Kier alpha value is -2.61. The molecular formula is C20H25FN2O4S. The summed E-state index contributed by atoms with van der Waals surface area (Å²) in [5.41, 5.74) is 0.556. The van der Waals surface area contributed by atoms with Gasteiger partial charge in [0.25, 0.3) is 0 Å². The van der Waals surface area contributed by atoms with E-state index in [9.17, 15) is 17.6 Å². The van der Waals surface area contributed by atoms with Gasteiger partial charge in [0.2, 0.25) is 0 Å². The van der Waals surface area contributed by atoms with Gasteiger partial charge < -0.3 is 14.4 Å². The molecule has 0 aliphatic heterocycles. The van der Waals surface area contributed by atoms with Crippen LogP contribution < -0.4 is 9.50 Å². The number of rotatable bonds is 8. The number of hydrogen-bond donors (Lipinski definition) is 1. The lowest BCUT2D eigenvalue weighted by Gasteiger charge is -2.25. The van der Waals surface area contributed by atoms with Gasteiger partial charge in [-0.25, -0.2) is 9.18 Å². The van der Waals surface area contributed by atoms with Gasteiger partial charge in [-0.05, 0) is 43.2 Å². The van der Waals surface area contributed by atoms with Crippen molar-refractivity contribution >= 4 is 16.1 Å². The highest BCUT2D eigenvalue weighted by atomic mass is 32.2. The molecule has 1 N–H and O–H groups in total. The predicted octanol–water partition coefficient (Wildman–Crippen LogP) is 3.78. The molecule has 0 spiro atoms. The molecule has 0 aromatic heterocycles. The first-order chi connectivity index (χ1) is 13.2. The number of nitrogens with one attached hydrogen (secondary N) is 1. The second-order valence-corrected chi connectivity index (χ2v) is 8.26. The second-order valence-electron chi connectivity index (χ2n) is 6.71. The molecule has 0 aliphatic carbocycles. The summed E-state index contributed by atoms with van der Waals surface area (Å²) < 4.78 is 43.4. The standard InChI is InChI=1S/C20H25FN2O4S/c1-4-22-20(24)23(13-15(2)3)14-16-7-5-6-8-19(16)27-28(25,26)18-11-9-17(21)10-12-18/h5-12,15H,4,13-14H2,1-3H3,(H,22,24). The fraction of sp³-hybridized carbons (Fsp3) is 0.350. The maximum Gasteiger partial charge on any atom is 0.339 e. The van der Waals surface area contributed by atoms with E-state index in [2.05, 4.69) is 5.32 Å². The van der Waals surface area contributed by atoms with Crippen molar-refractivity contribution in [3.8, 4) is 5.75 Å². The Morgan fingerprint density at radius 3 is 2.39 bits per heavy atom. The highest BCUT2D eigenvalue weighted by molar-refractivity contribution is 7.87. The van der Waals surface area contributed by atoms with Crippen LogP contribution in [-0.2, 0) is 16.7 Å². The van der Waals surface area contributed by atoms with Gasteiger partial charge in [-0.15, -0.1) is 0 Å². The molecule has 0 radical (unpaired) electrons. The van der Waals surface area contributed by atoms with E-state index >= 15 is 0 Å². The summed E-state index contributed by atoms with van der Waals surface area (Å²) in [6.07, 6.45) is 0. The van der Waals surface area contributed by atoms with Crippen molar-refractivity contribution < 1.29 is 21.8 Å². The monoisotopic (exact) mass is 408 g/mol. The summed E-state index contributed by atoms with van der Waals surface area (Å²) in [6.45, 7) is 7.01. The minimum absolute atomic E-state index is 0.130. The van der Waals surface area contributed by atoms with Crippen molar-refractivity contribution in [2.24, 2.45) is 5.92 Å². The van der Waals surface area contributed by atoms with E-state index in [1.54, 1.807) is 23.1 Å². The van der Waals surface area contributed by atoms with Crippen molar-refractivity contribution in [2.75, 3.05) is 13.1 Å². The number of benzene rings is 2. The third-order valence-electron chi connectivity index (χ3n) is 3.84. The molecule has 0 heterocycles. The molecule has 6 nitrogen and oxygen atoms in total. The number of amides is 2. The number of nitrogens with zero attached hydrogens (tertiary/aromatic N) is 1. The summed E-state index contributed by atoms with van der Waals surface area (Å²) in [4.78, 5) is 13.8. The average Bonchev–Trinajstić information content (AvgIpc) is 2.62. The SMILES string of the molecule is CCNC(=O)N(Cc1ccccc1OS(=O)(=O)c1ccc(F)cc1)CC(C)C. The molecule has 2 rings (SSSR count). The van der Waals surface area contributed by atoms with Crippen molar-refractivity contribution in [2.45, 2.75) is 32.2 Å². The van der Waals surface area contributed by atoms with Crippen molar-refractivity contribution in [1.29, 1.82) is 0 Å². The van der Waals surface area contributed by atoms with E-state index in [1.165, 1.54) is 6.07 Å². The first-order valence-electron chi connectivity index (χ1n) is 9.03. The van der Waals surface area contributed by atoms with Crippen LogP contribution in [0.2, 0.25) is 0 Å². The molecule has 8 heteroatoms. The van der Waals surface area contributed by atoms with Gasteiger partial charge in [-0.1, -0.05) is 32.0 Å². The van der Waals surface area contributed by atoms with Crippen LogP contribution in [0, 0.1) is 11.7 Å². The van der Waals surface area contributed by atoms with E-state index in [-0.39, 0.29) is 29.1 Å². The lowest BCUT2D eigenvalue weighted by Crippen LogP contribution is -2.41. The number of urea groups is 1. The van der Waals surface area contributed by atoms with Gasteiger partial charge in [0.05, 0.1) is 6.54 Å². The summed E-state index contributed by atoms with van der Waals surface area (Å²) in [6, 6.07) is 10.8. The van der Waals surface area contributed by atoms with Gasteiger partial charge in [-0.2, -0.15) is 8.42 Å². The number of carbonyl (C=O) groups is 1. The van der Waals surface area contributed by atoms with E-state index in [1.807, 2.05) is 20.8 Å². The fourth-order valence-corrected chi connectivity index (χ4v) is 3.58. The fourth-order valence-electron chi connectivity index (χ4n) is 2.61. The first-order valence-corrected chi connectivity index (χ1v) is 10.4. The van der Waals surface area contributed by atoms with Crippen molar-refractivity contribution in [3.63, 3.8) is 0 Å². The summed E-state index contributed by atoms with van der Waals surface area (Å²) in [7, 11) is -4.13. The van der Waals surface area contributed by atoms with Crippen LogP contribution in [-0.4, -0.2) is 32.4 Å². The van der Waals surface area contributed by atoms with Crippen molar-refractivity contribution in [3.05, 3.63) is 59.9 Å². The van der Waals surface area contributed by atoms with Gasteiger partial charge in [-0.3, -0.25) is 0 Å². The summed E-state index contributed by atoms with van der Waals surface area (Å²) in [5, 5.41) is 2.76. The minimum atomic E-state index is -4.13. The second kappa shape index (κ2) is 9.54. The maximum atomic E-state index is 13.1. The van der Waals surface area contributed by atoms with Gasteiger partial charge in [0.15, 0.2) is 0 Å². The van der Waals surface area contributed by atoms with Gasteiger partial charge >= 0.3 is 16.1 Å². The van der Waals surface area contributed by atoms with Crippen LogP contribution >= 0.6 is 0 Å². The van der Waals surface area contributed by atoms with E-state index in [0.29, 0.717) is 18.7 Å². The highest BCUT2D eigenvalue weighted by Crippen LogP contribution is 2.25. The molecule has 0 unspecified atom stereocenters. The zero-order valence-corrected chi connectivity index (χ0v) is 17.0. The molecule has 2 amide bonds. The smallest absolute Gasteiger partial charge is 0.339 e. The molecular weight excluding hydrogens is 383 g/mol. The van der Waals surface area contributed by atoms with Crippen LogP contribution in [0.5, 0.6) is 5.75 Å². The number of halogens is 1. The molecule has 0 saturated carbocycles. The third kappa shape index (κ3) is 5.95. The number of carbonyl (C=O) groups excluding carboxylic acids is 1. The molecule has 2 aromatic rings. The Bertz CT molecular complexity index is 899. The Morgan fingerprint density at radius 1 is 1.14 bits per heavy atom. The Morgan fingerprint density at radius 2 is 1.79 bits per heavy atom. The number of hydrogen-bond acceptors (Lipinski definition) is 4. The normalized spacial score (nSPS) is 11.3. The van der Waals surface area contributed by atoms with Crippen LogP contribution in [0.25, 0.3) is 0 Å². The van der Waals surface area contributed by atoms with Gasteiger partial charge in [0.1, 0.15) is 16.5 Å². The lowest BCUT2D eigenvalue weighted by atomic mass is 10.1. The number of para-hydroxylation sites is 1. The summed E-state index contributed by atoms with van der Waals surface area (Å²) >= 11 is 0. The molecule has 0 fully saturated rings. The molecule has 0 aliphatic rings. The van der Waals surface area contributed by atoms with Crippen LogP contribution in [0.15, 0.2) is 53.4 Å². The largest absolute Gasteiger partial charge is 0.379 e. The zero-order chi connectivity index (χ0) is 20.7. The Labute approximate surface area is 165 Å². The minimum Gasteiger partial charge on any atom is -0.379 e. The van der Waals surface area contributed by atoms with Crippen molar-refractivity contribution in [1.82, 2.24) is 10.2 Å². The first kappa shape index (κ1) is 21.7. The highest BCUT2D eigenvalue weighted by Gasteiger charge is 2.21. The van der Waals surface area contributed by atoms with E-state index in [0.717, 1.165) is 24.3 Å².